The molecule has 0 unspecified atom stereocenters. The van der Waals surface area contributed by atoms with Crippen molar-refractivity contribution in [3.05, 3.63) is 59.1 Å². The first-order valence-electron chi connectivity index (χ1n) is 8.60. The number of ketones is 1. The maximum absolute atomic E-state index is 12.8. The Kier molecular flexibility index (Phi) is 5.60. The molecule has 28 heavy (non-hydrogen) atoms. The van der Waals surface area contributed by atoms with Gasteiger partial charge in [-0.3, -0.25) is 19.9 Å². The number of amides is 1. The molecule has 1 atom stereocenters. The van der Waals surface area contributed by atoms with Gasteiger partial charge in [-0.05, 0) is 50.2 Å². The highest BCUT2D eigenvalue weighted by Gasteiger charge is 2.60. The van der Waals surface area contributed by atoms with Gasteiger partial charge < -0.3 is 4.74 Å². The van der Waals surface area contributed by atoms with Gasteiger partial charge in [0.05, 0.1) is 12.3 Å². The van der Waals surface area contributed by atoms with E-state index >= 15 is 0 Å². The smallest absolute Gasteiger partial charge is 0.338 e. The highest BCUT2D eigenvalue weighted by Crippen LogP contribution is 2.33. The number of Topliss-reactive ketones (excluding diaryl/α,β-unsaturated/α-hetero) is 1. The molecule has 1 amide bonds. The third kappa shape index (κ3) is 3.43. The lowest BCUT2D eigenvalue weighted by Gasteiger charge is -2.31. The molecule has 1 saturated heterocycles. The third-order valence-electron chi connectivity index (χ3n) is 4.35. The summed E-state index contributed by atoms with van der Waals surface area (Å²) in [5.74, 6) is -2.42. The molecule has 7 nitrogen and oxygen atoms in total. The van der Waals surface area contributed by atoms with Crippen molar-refractivity contribution < 1.29 is 19.1 Å². The fourth-order valence-corrected chi connectivity index (χ4v) is 3.21. The summed E-state index contributed by atoms with van der Waals surface area (Å²) in [6.45, 7) is 3.22. The summed E-state index contributed by atoms with van der Waals surface area (Å²) >= 11 is 3.34. The highest BCUT2D eigenvalue weighted by atomic mass is 79.9. The number of para-hydroxylation sites is 1. The summed E-state index contributed by atoms with van der Waals surface area (Å²) < 4.78 is 6.05. The van der Waals surface area contributed by atoms with Gasteiger partial charge in [-0.2, -0.15) is 5.10 Å². The Morgan fingerprint density at radius 3 is 2.39 bits per heavy atom. The number of anilines is 2. The molecular weight excluding hydrogens is 426 g/mol. The Labute approximate surface area is 170 Å². The Morgan fingerprint density at radius 2 is 1.79 bits per heavy atom. The van der Waals surface area contributed by atoms with E-state index < -0.39 is 23.2 Å². The number of benzene rings is 2. The van der Waals surface area contributed by atoms with Crippen molar-refractivity contribution in [2.24, 2.45) is 5.10 Å². The molecule has 2 aromatic rings. The Balaban J connectivity index is 2.07. The number of hydrazone groups is 1. The van der Waals surface area contributed by atoms with E-state index in [0.717, 1.165) is 9.37 Å². The predicted octanol–water partition coefficient (Wildman–Crippen LogP) is 3.15. The van der Waals surface area contributed by atoms with Crippen molar-refractivity contribution in [3.63, 3.8) is 0 Å². The minimum absolute atomic E-state index is 0.104. The summed E-state index contributed by atoms with van der Waals surface area (Å²) in [7, 11) is 0. The maximum Gasteiger partial charge on any atom is 0.338 e. The van der Waals surface area contributed by atoms with Crippen LogP contribution < -0.4 is 10.3 Å². The fraction of sp³-hybridized carbons (Fsp3) is 0.200. The first-order valence-corrected chi connectivity index (χ1v) is 9.39. The first-order chi connectivity index (χ1) is 13.4. The van der Waals surface area contributed by atoms with Crippen molar-refractivity contribution in [2.75, 3.05) is 16.9 Å². The molecule has 0 aliphatic carbocycles. The van der Waals surface area contributed by atoms with Crippen LogP contribution >= 0.6 is 15.9 Å². The Hall–Kier alpha value is -3.00. The first kappa shape index (κ1) is 19.8. The number of rotatable bonds is 5. The van der Waals surface area contributed by atoms with Crippen LogP contribution in [0.4, 0.5) is 11.4 Å². The molecule has 2 aromatic carbocycles. The summed E-state index contributed by atoms with van der Waals surface area (Å²) in [6, 6.07) is 15.6. The van der Waals surface area contributed by atoms with Crippen LogP contribution in [0.2, 0.25) is 0 Å². The van der Waals surface area contributed by atoms with Gasteiger partial charge in [0.15, 0.2) is 11.3 Å². The Bertz CT molecular complexity index is 944. The number of carbonyl (C=O) groups excluding carboxylic acids is 3. The number of ether oxygens (including phenoxy) is 1. The van der Waals surface area contributed by atoms with Crippen molar-refractivity contribution >= 4 is 50.7 Å². The lowest BCUT2D eigenvalue weighted by Crippen LogP contribution is -2.55. The van der Waals surface area contributed by atoms with Gasteiger partial charge in [-0.1, -0.05) is 34.1 Å². The lowest BCUT2D eigenvalue weighted by molar-refractivity contribution is -0.147. The number of halogens is 1. The largest absolute Gasteiger partial charge is 0.464 e. The molecule has 144 valence electrons. The van der Waals surface area contributed by atoms with Crippen molar-refractivity contribution in [1.29, 1.82) is 0 Å². The highest BCUT2D eigenvalue weighted by molar-refractivity contribution is 9.10. The average Bonchev–Trinajstić information content (AvgIpc) is 2.89. The van der Waals surface area contributed by atoms with Crippen LogP contribution in [0.5, 0.6) is 0 Å². The molecule has 1 aliphatic heterocycles. The van der Waals surface area contributed by atoms with Crippen LogP contribution in [0.3, 0.4) is 0 Å². The molecule has 1 heterocycles. The van der Waals surface area contributed by atoms with E-state index in [2.05, 4.69) is 26.5 Å². The van der Waals surface area contributed by atoms with Gasteiger partial charge in [0, 0.05) is 10.2 Å². The number of hydrogen-bond donors (Lipinski definition) is 1. The molecule has 8 heteroatoms. The number of hydrogen-bond acceptors (Lipinski definition) is 6. The van der Waals surface area contributed by atoms with E-state index in [1.165, 1.54) is 6.92 Å². The topological polar surface area (TPSA) is 88.1 Å². The second kappa shape index (κ2) is 7.93. The van der Waals surface area contributed by atoms with Crippen LogP contribution in [0, 0.1) is 0 Å². The summed E-state index contributed by atoms with van der Waals surface area (Å²) in [5, 5.41) is 4.13. The molecule has 0 radical (unpaired) electrons. The molecule has 1 fully saturated rings. The molecule has 0 aromatic heterocycles. The molecule has 0 spiro atoms. The monoisotopic (exact) mass is 443 g/mol. The zero-order chi connectivity index (χ0) is 20.3. The van der Waals surface area contributed by atoms with E-state index in [4.69, 9.17) is 4.74 Å². The summed E-state index contributed by atoms with van der Waals surface area (Å²) in [4.78, 5) is 39.4. The maximum atomic E-state index is 12.8. The lowest BCUT2D eigenvalue weighted by atomic mass is 9.95. The van der Waals surface area contributed by atoms with Gasteiger partial charge in [0.2, 0.25) is 0 Å². The summed E-state index contributed by atoms with van der Waals surface area (Å²) in [6.07, 6.45) is 0. The normalized spacial score (nSPS) is 20.5. The second-order valence-electron chi connectivity index (χ2n) is 6.18. The molecule has 1 aliphatic rings. The van der Waals surface area contributed by atoms with Crippen LogP contribution in [-0.4, -0.2) is 35.5 Å². The molecule has 1 N–H and O–H groups in total. The summed E-state index contributed by atoms with van der Waals surface area (Å²) in [5.41, 5.74) is 1.85. The predicted molar refractivity (Wildman–Crippen MR) is 109 cm³/mol. The molecule has 0 bridgehead atoms. The number of nitrogens with zero attached hydrogens (tertiary/aromatic N) is 2. The minimum Gasteiger partial charge on any atom is -0.464 e. The van der Waals surface area contributed by atoms with Gasteiger partial charge >= 0.3 is 11.9 Å². The van der Waals surface area contributed by atoms with Crippen LogP contribution in [-0.2, 0) is 19.1 Å². The van der Waals surface area contributed by atoms with E-state index in [9.17, 15) is 14.4 Å². The van der Waals surface area contributed by atoms with Crippen LogP contribution in [0.25, 0.3) is 0 Å². The van der Waals surface area contributed by atoms with E-state index in [1.54, 1.807) is 61.5 Å². The number of nitrogens with one attached hydrogen (secondary N) is 1. The minimum atomic E-state index is -1.69. The SMILES string of the molecule is CCOC(=O)[C@]1(C)C(=NNc2ccc(Br)cc2)C(=O)C(=O)N1c1ccccc1. The average molecular weight is 444 g/mol. The van der Waals surface area contributed by atoms with Crippen molar-refractivity contribution in [1.82, 2.24) is 0 Å². The molecular formula is C20H18BrN3O4. The van der Waals surface area contributed by atoms with Gasteiger partial charge in [-0.25, -0.2) is 4.79 Å². The zero-order valence-electron chi connectivity index (χ0n) is 15.3. The van der Waals surface area contributed by atoms with Crippen LogP contribution in [0.1, 0.15) is 13.8 Å². The van der Waals surface area contributed by atoms with E-state index in [0.29, 0.717) is 11.4 Å². The number of carbonyl (C=O) groups is 3. The Morgan fingerprint density at radius 1 is 1.14 bits per heavy atom. The zero-order valence-corrected chi connectivity index (χ0v) is 16.9. The van der Waals surface area contributed by atoms with E-state index in [1.807, 2.05) is 0 Å². The van der Waals surface area contributed by atoms with Crippen molar-refractivity contribution in [2.45, 2.75) is 19.4 Å². The quantitative estimate of drug-likeness (QED) is 0.435. The fourth-order valence-electron chi connectivity index (χ4n) is 2.95. The standard InChI is InChI=1S/C20H18BrN3O4/c1-3-28-19(27)20(2)17(23-22-14-11-9-13(21)10-12-14)16(25)18(26)24(20)15-7-5-4-6-8-15/h4-12,22H,3H2,1-2H3/t20-/m0/s1. The third-order valence-corrected chi connectivity index (χ3v) is 4.88. The molecule has 0 saturated carbocycles. The number of esters is 1. The van der Waals surface area contributed by atoms with E-state index in [-0.39, 0.29) is 12.3 Å². The van der Waals surface area contributed by atoms with Gasteiger partial charge in [-0.15, -0.1) is 0 Å². The van der Waals surface area contributed by atoms with Gasteiger partial charge in [0.1, 0.15) is 0 Å². The van der Waals surface area contributed by atoms with Crippen LogP contribution in [0.15, 0.2) is 64.2 Å². The second-order valence-corrected chi connectivity index (χ2v) is 7.09. The molecule has 3 rings (SSSR count). The van der Waals surface area contributed by atoms with Crippen molar-refractivity contribution in [3.8, 4) is 0 Å². The van der Waals surface area contributed by atoms with Gasteiger partial charge in [0.25, 0.3) is 5.78 Å².